The molecule has 0 fully saturated rings. The monoisotopic (exact) mass is 2100 g/mol. The molecule has 0 amide bonds. The average molecular weight is 2100 g/mol. The number of alkyl halides is 1. The average Bonchev–Trinajstić information content (AvgIpc) is 1.67. The van der Waals surface area contributed by atoms with Gasteiger partial charge in [0.1, 0.15) is 34.5 Å². The third-order valence-electron chi connectivity index (χ3n) is 14.7. The maximum absolute atomic E-state index is 12.2. The summed E-state index contributed by atoms with van der Waals surface area (Å²) in [6.07, 6.45) is 4.60. The molecule has 4 aromatic heterocycles. The van der Waals surface area contributed by atoms with Crippen LogP contribution in [-0.2, 0) is 27.3 Å². The van der Waals surface area contributed by atoms with Gasteiger partial charge in [-0.15, -0.1) is 40.3 Å². The number of benzene rings is 10. The van der Waals surface area contributed by atoms with Gasteiger partial charge in [-0.1, -0.05) is 408 Å². The Morgan fingerprint density at radius 2 is 0.555 bits per heavy atom. The molecule has 0 radical (unpaired) electrons. The van der Waals surface area contributed by atoms with Crippen LogP contribution in [0.1, 0.15) is 274 Å². The Morgan fingerprint density at radius 1 is 0.336 bits per heavy atom. The van der Waals surface area contributed by atoms with E-state index < -0.39 is 23.9 Å². The van der Waals surface area contributed by atoms with Gasteiger partial charge in [0.2, 0.25) is 22.8 Å². The van der Waals surface area contributed by atoms with Gasteiger partial charge >= 0.3 is 75.3 Å². The first kappa shape index (κ1) is 157. The van der Waals surface area contributed by atoms with Crippen molar-refractivity contribution in [1.29, 1.82) is 0 Å². The second kappa shape index (κ2) is 111. The molecular formula is C117H166BrKN12O15. The van der Waals surface area contributed by atoms with Crippen molar-refractivity contribution in [2.45, 2.75) is 217 Å². The van der Waals surface area contributed by atoms with Gasteiger partial charge in [0.15, 0.2) is 0 Å². The molecule has 0 bridgehead atoms. The van der Waals surface area contributed by atoms with Crippen LogP contribution in [0.3, 0.4) is 0 Å². The molecule has 0 atom stereocenters. The van der Waals surface area contributed by atoms with Crippen molar-refractivity contribution in [2.75, 3.05) is 39.9 Å². The number of carbonyl (C=O) groups excluding carboxylic acids is 3. The summed E-state index contributed by atoms with van der Waals surface area (Å²) < 4.78 is 50.7. The summed E-state index contributed by atoms with van der Waals surface area (Å²) >= 11 is 2.94. The van der Waals surface area contributed by atoms with E-state index in [1.165, 1.54) is 9.36 Å². The minimum absolute atomic E-state index is 0. The standard InChI is InChI=1S/2C19H19N3O4.C11H11N3O3.C9H7N3O3.3C9H8.C6H6.C3H4.8C2H6.CH3Br.6CH4.K.H2O/c2*1-3-25-19(23)17-18(26-16-7-5-4-6-8-16)22(21-20-17)13-14-9-11-15(24-2)12-10-14;1-2-16-11(15)9-10(13-14-12-9)17-8-6-4-3-5-7-8;13-9(14)7-8(11-12-10-7)15-6-4-2-1-3-5-6;3*1-2-6-9-7-4-3-5-8-9;1-2-4-6-5-3-1;1-3-2;9*1-2;;;;;;;;/h2*4-12H,3,13H2,1-2H3;3-7H,2H2,1H3,(H,12,13,14);1-5H,(H,13,14)(H,10,11,12);3*3-5,7-8H,1H3;1-6H;1H,2H3;8*1-2H3;1H3;6*1H4;;1H2/q;;;;;;;;;;;;;;;;;;;;;;;;+1;/p-1. The first-order valence-corrected chi connectivity index (χ1v) is 47.1. The molecule has 14 rings (SSSR count). The number of methoxy groups -OCH3 is 2. The maximum Gasteiger partial charge on any atom is 1.00 e. The van der Waals surface area contributed by atoms with E-state index in [2.05, 4.69) is 115 Å². The van der Waals surface area contributed by atoms with Crippen molar-refractivity contribution < 1.29 is 124 Å². The largest absolute Gasteiger partial charge is 1.00 e. The molecule has 0 aliphatic heterocycles. The van der Waals surface area contributed by atoms with Crippen LogP contribution in [0.2, 0.25) is 0 Å². The van der Waals surface area contributed by atoms with Crippen molar-refractivity contribution in [3.63, 3.8) is 0 Å². The van der Waals surface area contributed by atoms with Gasteiger partial charge in [0, 0.05) is 16.7 Å². The maximum atomic E-state index is 12.2. The molecule has 27 nitrogen and oxygen atoms in total. The number of aromatic nitrogens is 12. The van der Waals surface area contributed by atoms with Crippen molar-refractivity contribution >= 4 is 39.8 Å². The Kier molecular flexibility index (Phi) is 120. The molecule has 0 aliphatic rings. The number of ether oxygens (including phenoxy) is 9. The van der Waals surface area contributed by atoms with Gasteiger partial charge in [-0.25, -0.2) is 38.7 Å². The Bertz CT molecular complexity index is 5210. The normalized spacial score (nSPS) is 8.04. The van der Waals surface area contributed by atoms with Gasteiger partial charge in [0.25, 0.3) is 23.5 Å². The number of nitrogens with one attached hydrogen (secondary N) is 2. The zero-order valence-electron chi connectivity index (χ0n) is 86.5. The van der Waals surface area contributed by atoms with Crippen LogP contribution in [0.15, 0.2) is 297 Å². The van der Waals surface area contributed by atoms with Gasteiger partial charge in [0.05, 0.1) is 47.1 Å². The van der Waals surface area contributed by atoms with E-state index in [4.69, 9.17) is 47.7 Å². The number of rotatable bonds is 21. The summed E-state index contributed by atoms with van der Waals surface area (Å²) in [6, 6.07) is 93.0. The second-order valence-electron chi connectivity index (χ2n) is 23.3. The summed E-state index contributed by atoms with van der Waals surface area (Å²) in [5, 5.41) is 43.5. The number of hydrogen-bond acceptors (Lipinski definition) is 22. The smallest absolute Gasteiger partial charge is 0.870 e. The molecular weight excluding hydrogens is 1930 g/mol. The third kappa shape index (κ3) is 69.6. The number of halogens is 1. The SMILES string of the molecule is C.C.C.C.C.C.C#CC.CBr.CC.CC.CC.CC.CC.CC.CC.CC.CC#Cc1ccccc1.CC#Cc1ccccc1.CC#Cc1ccccc1.CCOC(=O)c1[nH]nnc1Oc1ccccc1.CCOC(=O)c1nnn(Cc2ccc(OC)cc2)c1Oc1ccccc1.CCOC(=O)c1nnn(Cc2ccc(OC)cc2)c1Oc1ccccc1.O=C(O)c1[nH]nnc1Oc1ccccc1.[K+].[OH-].c1ccccc1. The number of terminal acetylenes is 1. The molecule has 4 N–H and O–H groups in total. The van der Waals surface area contributed by atoms with E-state index in [-0.39, 0.29) is 168 Å². The van der Waals surface area contributed by atoms with Crippen molar-refractivity contribution in [3.8, 4) is 106 Å². The van der Waals surface area contributed by atoms with E-state index in [0.29, 0.717) is 36.1 Å². The predicted octanol–water partition coefficient (Wildman–Crippen LogP) is 28.0. The van der Waals surface area contributed by atoms with Crippen LogP contribution < -0.4 is 79.8 Å². The van der Waals surface area contributed by atoms with Crippen LogP contribution in [0.25, 0.3) is 0 Å². The van der Waals surface area contributed by atoms with Gasteiger partial charge in [-0.2, -0.15) is 0 Å². The summed E-state index contributed by atoms with van der Waals surface area (Å²) in [5.41, 5.74) is 5.20. The number of nitrogens with zero attached hydrogens (tertiary/aromatic N) is 10. The minimum atomic E-state index is -1.16. The van der Waals surface area contributed by atoms with Crippen LogP contribution in [0, 0.1) is 47.9 Å². The molecule has 4 heterocycles. The summed E-state index contributed by atoms with van der Waals surface area (Å²) in [7, 11) is 3.23. The predicted molar refractivity (Wildman–Crippen MR) is 604 cm³/mol. The van der Waals surface area contributed by atoms with Crippen molar-refractivity contribution in [2.24, 2.45) is 0 Å². The number of esters is 3. The number of hydrogen-bond donors (Lipinski definition) is 3. The van der Waals surface area contributed by atoms with E-state index in [1.807, 2.05) is 374 Å². The fourth-order valence-corrected chi connectivity index (χ4v) is 9.32. The van der Waals surface area contributed by atoms with Crippen LogP contribution in [-0.4, -0.2) is 135 Å². The fraction of sp³-hybridized carbons (Fsp3) is 0.316. The third-order valence-corrected chi connectivity index (χ3v) is 14.7. The molecule has 14 aromatic rings. The zero-order chi connectivity index (χ0) is 104. The first-order chi connectivity index (χ1) is 67.7. The first-order valence-electron chi connectivity index (χ1n) is 45.5. The topological polar surface area (TPSA) is 346 Å². The van der Waals surface area contributed by atoms with Crippen molar-refractivity contribution in [3.05, 3.63) is 348 Å². The number of carboxylic acids is 1. The number of H-pyrrole nitrogens is 2. The van der Waals surface area contributed by atoms with E-state index in [0.717, 1.165) is 39.3 Å². The molecule has 146 heavy (non-hydrogen) atoms. The summed E-state index contributed by atoms with van der Waals surface area (Å²) in [4.78, 5) is 46.5. The Balaban J connectivity index is -0.000000140. The number of para-hydroxylation sites is 4. The molecule has 0 saturated heterocycles. The van der Waals surface area contributed by atoms with Gasteiger partial charge < -0.3 is 53.2 Å². The second-order valence-corrected chi connectivity index (χ2v) is 23.3. The molecule has 0 aliphatic carbocycles. The zero-order valence-corrected chi connectivity index (χ0v) is 91.2. The number of aromatic amines is 2. The molecule has 0 saturated carbocycles. The van der Waals surface area contributed by atoms with Gasteiger partial charge in [-0.05, 0) is 175 Å². The Hall–Kier alpha value is -14.2. The molecule has 29 heteroatoms. The van der Waals surface area contributed by atoms with E-state index in [1.54, 1.807) is 103 Å². The van der Waals surface area contributed by atoms with Crippen LogP contribution in [0.5, 0.6) is 58.0 Å². The van der Waals surface area contributed by atoms with E-state index in [9.17, 15) is 19.2 Å². The Morgan fingerprint density at radius 3 is 0.788 bits per heavy atom. The van der Waals surface area contributed by atoms with Crippen molar-refractivity contribution in [1.82, 2.24) is 60.8 Å². The number of aromatic carboxylic acids is 1. The van der Waals surface area contributed by atoms with E-state index >= 15 is 0 Å². The summed E-state index contributed by atoms with van der Waals surface area (Å²) in [5.74, 6) is 22.9. The minimum Gasteiger partial charge on any atom is -0.870 e. The number of carboxylic acid groups (broad SMARTS) is 1. The summed E-state index contributed by atoms with van der Waals surface area (Å²) in [6.45, 7) is 45.9. The van der Waals surface area contributed by atoms with Crippen LogP contribution in [0.4, 0.5) is 0 Å². The molecule has 0 spiro atoms. The fourth-order valence-electron chi connectivity index (χ4n) is 9.32. The Labute approximate surface area is 927 Å². The quantitative estimate of drug-likeness (QED) is 0.0198. The van der Waals surface area contributed by atoms with Crippen LogP contribution >= 0.6 is 15.9 Å². The number of carbonyl (C=O) groups is 4. The molecule has 792 valence electrons. The molecule has 0 unspecified atom stereocenters. The van der Waals surface area contributed by atoms with Gasteiger partial charge in [-0.3, -0.25) is 0 Å². The molecule has 10 aromatic carbocycles.